The lowest BCUT2D eigenvalue weighted by Crippen LogP contribution is -2.12. The van der Waals surface area contributed by atoms with Crippen molar-refractivity contribution in [2.45, 2.75) is 123 Å². The van der Waals surface area contributed by atoms with Gasteiger partial charge in [0.1, 0.15) is 0 Å². The highest BCUT2D eigenvalue weighted by Gasteiger charge is 2.20. The monoisotopic (exact) mass is 432 g/mol. The highest BCUT2D eigenvalue weighted by Crippen LogP contribution is 2.25. The van der Waals surface area contributed by atoms with Gasteiger partial charge in [-0.3, -0.25) is 0 Å². The van der Waals surface area contributed by atoms with E-state index < -0.39 is 11.9 Å². The van der Waals surface area contributed by atoms with Crippen molar-refractivity contribution in [1.29, 1.82) is 0 Å². The summed E-state index contributed by atoms with van der Waals surface area (Å²) in [5, 5.41) is 19.4. The Hall–Kier alpha value is -1.84. The molecule has 2 N–H and O–H groups in total. The second-order valence-electron chi connectivity index (χ2n) is 8.82. The normalized spacial score (nSPS) is 11.0. The molecule has 176 valence electrons. The number of aromatic carboxylic acids is 2. The van der Waals surface area contributed by atoms with E-state index in [1.165, 1.54) is 69.9 Å². The van der Waals surface area contributed by atoms with Crippen molar-refractivity contribution in [2.75, 3.05) is 0 Å². The number of unbranched alkanes of at least 4 members (excludes halogenated alkanes) is 13. The summed E-state index contributed by atoms with van der Waals surface area (Å²) in [4.78, 5) is 23.6. The van der Waals surface area contributed by atoms with Gasteiger partial charge in [0.05, 0.1) is 11.1 Å². The molecule has 0 bridgehead atoms. The third kappa shape index (κ3) is 10.8. The first-order valence-corrected chi connectivity index (χ1v) is 12.6. The molecule has 0 aliphatic carbocycles. The number of benzene rings is 1. The van der Waals surface area contributed by atoms with Gasteiger partial charge in [-0.25, -0.2) is 9.59 Å². The van der Waals surface area contributed by atoms with Crippen LogP contribution in [-0.4, -0.2) is 22.2 Å². The largest absolute Gasteiger partial charge is 0.478 e. The van der Waals surface area contributed by atoms with E-state index in [9.17, 15) is 19.8 Å². The number of rotatable bonds is 19. The van der Waals surface area contributed by atoms with E-state index in [4.69, 9.17) is 0 Å². The van der Waals surface area contributed by atoms with Gasteiger partial charge in [0, 0.05) is 0 Å². The van der Waals surface area contributed by atoms with Gasteiger partial charge in [-0.15, -0.1) is 0 Å². The molecule has 1 aromatic carbocycles. The zero-order valence-electron chi connectivity index (χ0n) is 19.9. The van der Waals surface area contributed by atoms with Gasteiger partial charge >= 0.3 is 11.9 Å². The third-order valence-electron chi connectivity index (χ3n) is 6.20. The summed E-state index contributed by atoms with van der Waals surface area (Å²) < 4.78 is 0. The summed E-state index contributed by atoms with van der Waals surface area (Å²) >= 11 is 0. The van der Waals surface area contributed by atoms with Gasteiger partial charge < -0.3 is 10.2 Å². The quantitative estimate of drug-likeness (QED) is 0.217. The van der Waals surface area contributed by atoms with Gasteiger partial charge in [0.25, 0.3) is 0 Å². The maximum Gasteiger partial charge on any atom is 0.335 e. The maximum absolute atomic E-state index is 11.8. The Morgan fingerprint density at radius 1 is 0.548 bits per heavy atom. The molecule has 0 fully saturated rings. The molecule has 0 unspecified atom stereocenters. The van der Waals surface area contributed by atoms with Crippen LogP contribution < -0.4 is 0 Å². The Kier molecular flexibility index (Phi) is 14.7. The van der Waals surface area contributed by atoms with Crippen LogP contribution in [0.2, 0.25) is 0 Å². The molecule has 31 heavy (non-hydrogen) atoms. The Morgan fingerprint density at radius 3 is 1.13 bits per heavy atom. The van der Waals surface area contributed by atoms with Crippen LogP contribution in [0.4, 0.5) is 0 Å². The zero-order chi connectivity index (χ0) is 22.9. The highest BCUT2D eigenvalue weighted by atomic mass is 16.4. The molecular weight excluding hydrogens is 388 g/mol. The first kappa shape index (κ1) is 27.2. The molecule has 0 aromatic heterocycles. The van der Waals surface area contributed by atoms with Crippen LogP contribution in [0.5, 0.6) is 0 Å². The first-order valence-electron chi connectivity index (χ1n) is 12.6. The van der Waals surface area contributed by atoms with Crippen LogP contribution in [0.15, 0.2) is 12.1 Å². The summed E-state index contributed by atoms with van der Waals surface area (Å²) in [7, 11) is 0. The van der Waals surface area contributed by atoms with Crippen LogP contribution >= 0.6 is 0 Å². The average molecular weight is 433 g/mol. The topological polar surface area (TPSA) is 74.6 Å². The molecule has 0 atom stereocenters. The fourth-order valence-corrected chi connectivity index (χ4v) is 4.36. The molecule has 0 amide bonds. The van der Waals surface area contributed by atoms with Crippen molar-refractivity contribution in [1.82, 2.24) is 0 Å². The SMILES string of the molecule is CCCCCCCCCCc1c(C(=O)O)ccc(C(=O)O)c1CCCCCCCCC. The predicted octanol–water partition coefficient (Wildman–Crippen LogP) is 8.06. The van der Waals surface area contributed by atoms with Crippen molar-refractivity contribution in [3.05, 3.63) is 34.4 Å². The number of hydrogen-bond donors (Lipinski definition) is 2. The van der Waals surface area contributed by atoms with E-state index in [2.05, 4.69) is 13.8 Å². The van der Waals surface area contributed by atoms with Crippen LogP contribution in [0.1, 0.15) is 142 Å². The Bertz CT molecular complexity index is 651. The minimum absolute atomic E-state index is 0.283. The molecular formula is C27H44O4. The summed E-state index contributed by atoms with van der Waals surface area (Å²) in [5.41, 5.74) is 2.07. The summed E-state index contributed by atoms with van der Waals surface area (Å²) in [6, 6.07) is 2.97. The molecule has 0 radical (unpaired) electrons. The van der Waals surface area contributed by atoms with Gasteiger partial charge in [0.2, 0.25) is 0 Å². The second-order valence-corrected chi connectivity index (χ2v) is 8.82. The number of carboxylic acid groups (broad SMARTS) is 2. The zero-order valence-corrected chi connectivity index (χ0v) is 19.9. The van der Waals surface area contributed by atoms with Crippen molar-refractivity contribution >= 4 is 11.9 Å². The molecule has 0 aliphatic rings. The van der Waals surface area contributed by atoms with E-state index in [0.717, 1.165) is 49.7 Å². The molecule has 0 saturated carbocycles. The van der Waals surface area contributed by atoms with Gasteiger partial charge in [-0.05, 0) is 48.9 Å². The Labute approximate surface area is 189 Å². The minimum atomic E-state index is -0.952. The smallest absolute Gasteiger partial charge is 0.335 e. The van der Waals surface area contributed by atoms with Crippen molar-refractivity contribution in [2.24, 2.45) is 0 Å². The van der Waals surface area contributed by atoms with Gasteiger partial charge in [-0.2, -0.15) is 0 Å². The number of carbonyl (C=O) groups is 2. The van der Waals surface area contributed by atoms with Crippen LogP contribution in [0.25, 0.3) is 0 Å². The number of hydrogen-bond acceptors (Lipinski definition) is 2. The van der Waals surface area contributed by atoms with E-state index in [1.807, 2.05) is 0 Å². The molecule has 0 heterocycles. The lowest BCUT2D eigenvalue weighted by molar-refractivity contribution is 0.0679. The van der Waals surface area contributed by atoms with Gasteiger partial charge in [0.15, 0.2) is 0 Å². The van der Waals surface area contributed by atoms with Crippen LogP contribution in [-0.2, 0) is 12.8 Å². The molecule has 0 aliphatic heterocycles. The van der Waals surface area contributed by atoms with Crippen molar-refractivity contribution in [3.8, 4) is 0 Å². The standard InChI is InChI=1S/C27H44O4/c1-3-5-7-9-11-13-15-17-19-23-22(18-16-14-12-10-8-6-4-2)24(26(28)29)20-21-25(23)27(30)31/h20-21H,3-19H2,1-2H3,(H,28,29)(H,30,31). The lowest BCUT2D eigenvalue weighted by atomic mass is 9.88. The fraction of sp³-hybridized carbons (Fsp3) is 0.704. The first-order chi connectivity index (χ1) is 15.0. The Balaban J connectivity index is 2.74. The minimum Gasteiger partial charge on any atom is -0.478 e. The molecule has 4 nitrogen and oxygen atoms in total. The predicted molar refractivity (Wildman–Crippen MR) is 128 cm³/mol. The fourth-order valence-electron chi connectivity index (χ4n) is 4.36. The summed E-state index contributed by atoms with van der Waals surface area (Å²) in [6.45, 7) is 4.42. The summed E-state index contributed by atoms with van der Waals surface area (Å²) in [6.07, 6.45) is 18.9. The Morgan fingerprint density at radius 2 is 0.839 bits per heavy atom. The lowest BCUT2D eigenvalue weighted by Gasteiger charge is -2.16. The van der Waals surface area contributed by atoms with E-state index in [0.29, 0.717) is 12.8 Å². The van der Waals surface area contributed by atoms with Crippen LogP contribution in [0, 0.1) is 0 Å². The third-order valence-corrected chi connectivity index (χ3v) is 6.20. The maximum atomic E-state index is 11.8. The van der Waals surface area contributed by atoms with E-state index >= 15 is 0 Å². The van der Waals surface area contributed by atoms with E-state index in [-0.39, 0.29) is 11.1 Å². The van der Waals surface area contributed by atoms with Crippen molar-refractivity contribution in [3.63, 3.8) is 0 Å². The van der Waals surface area contributed by atoms with E-state index in [1.54, 1.807) is 0 Å². The number of carboxylic acids is 2. The van der Waals surface area contributed by atoms with Crippen molar-refractivity contribution < 1.29 is 19.8 Å². The average Bonchev–Trinajstić information content (AvgIpc) is 2.74. The van der Waals surface area contributed by atoms with Gasteiger partial charge in [-0.1, -0.05) is 97.3 Å². The van der Waals surface area contributed by atoms with Crippen LogP contribution in [0.3, 0.4) is 0 Å². The second kappa shape index (κ2) is 16.8. The molecule has 0 spiro atoms. The highest BCUT2D eigenvalue weighted by molar-refractivity contribution is 5.95. The molecule has 4 heteroatoms. The molecule has 1 aromatic rings. The summed E-state index contributed by atoms with van der Waals surface area (Å²) in [5.74, 6) is -1.90. The molecule has 0 saturated heterocycles. The molecule has 1 rings (SSSR count).